The highest BCUT2D eigenvalue weighted by molar-refractivity contribution is 7.88. The first-order valence-electron chi connectivity index (χ1n) is 11.0. The van der Waals surface area contributed by atoms with Crippen LogP contribution in [0.3, 0.4) is 0 Å². The van der Waals surface area contributed by atoms with Gasteiger partial charge < -0.3 is 14.4 Å². The van der Waals surface area contributed by atoms with E-state index in [-0.39, 0.29) is 6.61 Å². The van der Waals surface area contributed by atoms with Crippen LogP contribution in [0.5, 0.6) is 5.75 Å². The monoisotopic (exact) mass is 491 g/mol. The number of sulfonamides is 1. The van der Waals surface area contributed by atoms with Crippen molar-refractivity contribution in [1.29, 1.82) is 0 Å². The van der Waals surface area contributed by atoms with Crippen LogP contribution in [0.15, 0.2) is 30.3 Å². The zero-order valence-corrected chi connectivity index (χ0v) is 21.1. The summed E-state index contributed by atoms with van der Waals surface area (Å²) in [5.41, 5.74) is 4.51. The van der Waals surface area contributed by atoms with E-state index >= 15 is 0 Å². The molecule has 9 nitrogen and oxygen atoms in total. The van der Waals surface area contributed by atoms with Crippen LogP contribution >= 0.6 is 0 Å². The molecular weight excluding hydrogens is 458 g/mol. The maximum Gasteiger partial charge on any atom is 0.411 e. The Morgan fingerprint density at radius 1 is 1.15 bits per heavy atom. The number of hydrogen-bond donors (Lipinski definition) is 2. The highest BCUT2D eigenvalue weighted by Gasteiger charge is 2.13. The predicted octanol–water partition coefficient (Wildman–Crippen LogP) is 3.50. The number of nitrogens with one attached hydrogen (secondary N) is 2. The molecule has 0 aliphatic carbocycles. The van der Waals surface area contributed by atoms with E-state index < -0.39 is 16.1 Å². The largest absolute Gasteiger partial charge is 0.496 e. The van der Waals surface area contributed by atoms with Crippen LogP contribution in [0.25, 0.3) is 0 Å². The van der Waals surface area contributed by atoms with E-state index in [1.807, 2.05) is 37.8 Å². The zero-order chi connectivity index (χ0) is 25.3. The smallest absolute Gasteiger partial charge is 0.411 e. The van der Waals surface area contributed by atoms with Gasteiger partial charge in [0.05, 0.1) is 18.9 Å². The van der Waals surface area contributed by atoms with Gasteiger partial charge >= 0.3 is 6.09 Å². The molecule has 2 aromatic rings. The molecule has 0 aliphatic heterocycles. The van der Waals surface area contributed by atoms with Crippen molar-refractivity contribution in [3.05, 3.63) is 52.6 Å². The second-order valence-electron chi connectivity index (χ2n) is 7.78. The number of benzene rings is 2. The predicted molar refractivity (Wildman–Crippen MR) is 133 cm³/mol. The fourth-order valence-corrected chi connectivity index (χ4v) is 3.99. The van der Waals surface area contributed by atoms with E-state index in [0.29, 0.717) is 43.1 Å². The van der Waals surface area contributed by atoms with E-state index in [0.717, 1.165) is 34.9 Å². The summed E-state index contributed by atoms with van der Waals surface area (Å²) in [5, 5.41) is 2.76. The first-order valence-corrected chi connectivity index (χ1v) is 12.9. The lowest BCUT2D eigenvalue weighted by Crippen LogP contribution is -2.34. The molecule has 34 heavy (non-hydrogen) atoms. The van der Waals surface area contributed by atoms with Crippen molar-refractivity contribution in [2.24, 2.45) is 0 Å². The van der Waals surface area contributed by atoms with Crippen LogP contribution in [0.4, 0.5) is 16.2 Å². The molecule has 0 unspecified atom stereocenters. The molecular formula is C24H33N3O6S. The van der Waals surface area contributed by atoms with Gasteiger partial charge in [0.25, 0.3) is 0 Å². The molecule has 2 aromatic carbocycles. The Morgan fingerprint density at radius 3 is 2.44 bits per heavy atom. The molecule has 0 atom stereocenters. The minimum atomic E-state index is -3.24. The third-order valence-electron chi connectivity index (χ3n) is 5.36. The quantitative estimate of drug-likeness (QED) is 0.437. The van der Waals surface area contributed by atoms with Gasteiger partial charge in [0.1, 0.15) is 12.4 Å². The second kappa shape index (κ2) is 12.4. The molecule has 0 heterocycles. The molecule has 2 N–H and O–H groups in total. The Bertz CT molecular complexity index is 1120. The van der Waals surface area contributed by atoms with E-state index in [2.05, 4.69) is 10.0 Å². The van der Waals surface area contributed by atoms with Gasteiger partial charge in [-0.15, -0.1) is 0 Å². The van der Waals surface area contributed by atoms with E-state index in [9.17, 15) is 18.0 Å². The van der Waals surface area contributed by atoms with Crippen LogP contribution < -0.4 is 19.7 Å². The number of ether oxygens (including phenoxy) is 2. The molecule has 1 amide bonds. The van der Waals surface area contributed by atoms with Crippen molar-refractivity contribution >= 4 is 33.8 Å². The first kappa shape index (κ1) is 27.1. The van der Waals surface area contributed by atoms with Gasteiger partial charge in [-0.05, 0) is 67.3 Å². The molecule has 0 radical (unpaired) electrons. The summed E-state index contributed by atoms with van der Waals surface area (Å²) in [5.74, 6) is 0.435. The Hall–Kier alpha value is -3.11. The Kier molecular flexibility index (Phi) is 9.88. The number of anilines is 2. The number of nitrogens with zero attached hydrogens (tertiary/aromatic N) is 1. The van der Waals surface area contributed by atoms with Crippen molar-refractivity contribution < 1.29 is 27.5 Å². The zero-order valence-electron chi connectivity index (χ0n) is 20.3. The maximum atomic E-state index is 12.4. The van der Waals surface area contributed by atoms with Crippen LogP contribution in [0.1, 0.15) is 40.9 Å². The Labute approximate surface area is 201 Å². The molecule has 0 saturated heterocycles. The van der Waals surface area contributed by atoms with Gasteiger partial charge in [0.2, 0.25) is 10.0 Å². The molecule has 0 aliphatic rings. The number of carbonyl (C=O) groups is 2. The summed E-state index contributed by atoms with van der Waals surface area (Å²) >= 11 is 0. The number of carbonyl (C=O) groups excluding carboxylic acids is 2. The molecule has 0 bridgehead atoms. The van der Waals surface area contributed by atoms with Crippen molar-refractivity contribution in [1.82, 2.24) is 4.72 Å². The van der Waals surface area contributed by atoms with Crippen molar-refractivity contribution in [2.45, 2.75) is 33.8 Å². The molecule has 10 heteroatoms. The number of aldehydes is 1. The highest BCUT2D eigenvalue weighted by Crippen LogP contribution is 2.25. The van der Waals surface area contributed by atoms with E-state index in [4.69, 9.17) is 9.47 Å². The number of amides is 1. The lowest BCUT2D eigenvalue weighted by molar-refractivity contribution is 0.112. The van der Waals surface area contributed by atoms with Crippen LogP contribution in [-0.2, 0) is 27.8 Å². The number of likely N-dealkylation sites (N-methyl/N-ethyl adjacent to an activating group) is 1. The van der Waals surface area contributed by atoms with Crippen molar-refractivity contribution in [3.8, 4) is 5.75 Å². The summed E-state index contributed by atoms with van der Waals surface area (Å²) in [6.07, 6.45) is 1.96. The Balaban J connectivity index is 2.03. The third kappa shape index (κ3) is 7.74. The molecule has 0 aromatic heterocycles. The topological polar surface area (TPSA) is 114 Å². The van der Waals surface area contributed by atoms with E-state index in [1.165, 1.54) is 7.11 Å². The van der Waals surface area contributed by atoms with Gasteiger partial charge in [0, 0.05) is 31.0 Å². The van der Waals surface area contributed by atoms with Gasteiger partial charge in [-0.3, -0.25) is 10.1 Å². The second-order valence-corrected chi connectivity index (χ2v) is 9.61. The summed E-state index contributed by atoms with van der Waals surface area (Å²) < 4.78 is 35.7. The average molecular weight is 492 g/mol. The number of hydrogen-bond acceptors (Lipinski definition) is 7. The Morgan fingerprint density at radius 2 is 1.88 bits per heavy atom. The van der Waals surface area contributed by atoms with Gasteiger partial charge in [-0.2, -0.15) is 0 Å². The van der Waals surface area contributed by atoms with Crippen molar-refractivity contribution in [3.63, 3.8) is 0 Å². The SMILES string of the molecule is CCc1cc(C=O)c(OC)cc1COC(=O)Nc1ccc(N(CC)CCNS(C)(=O)=O)cc1C. The maximum absolute atomic E-state index is 12.4. The first-order chi connectivity index (χ1) is 16.1. The fraction of sp³-hybridized carbons (Fsp3) is 0.417. The number of rotatable bonds is 12. The molecule has 2 rings (SSSR count). The average Bonchev–Trinajstić information content (AvgIpc) is 2.80. The van der Waals surface area contributed by atoms with Gasteiger partial charge in [0.15, 0.2) is 6.29 Å². The van der Waals surface area contributed by atoms with E-state index in [1.54, 1.807) is 18.2 Å². The third-order valence-corrected chi connectivity index (χ3v) is 6.09. The van der Waals surface area contributed by atoms with Crippen LogP contribution in [0, 0.1) is 6.92 Å². The minimum Gasteiger partial charge on any atom is -0.496 e. The molecule has 186 valence electrons. The van der Waals surface area contributed by atoms with Crippen LogP contribution in [0.2, 0.25) is 0 Å². The normalized spacial score (nSPS) is 11.1. The van der Waals surface area contributed by atoms with Crippen LogP contribution in [-0.4, -0.2) is 53.8 Å². The number of aryl methyl sites for hydroxylation is 2. The summed E-state index contributed by atoms with van der Waals surface area (Å²) in [6.45, 7) is 7.38. The summed E-state index contributed by atoms with van der Waals surface area (Å²) in [4.78, 5) is 25.7. The molecule has 0 spiro atoms. The lowest BCUT2D eigenvalue weighted by Gasteiger charge is -2.24. The standard InChI is InChI=1S/C24H33N3O6S/c1-6-18-13-19(15-28)23(32-4)14-20(18)16-33-24(29)26-22-9-8-21(12-17(22)3)27(7-2)11-10-25-34(5,30)31/h8-9,12-15,25H,6-7,10-11,16H2,1-5H3,(H,26,29). The molecule has 0 saturated carbocycles. The van der Waals surface area contributed by atoms with Crippen molar-refractivity contribution in [2.75, 3.05) is 43.2 Å². The van der Waals surface area contributed by atoms with Gasteiger partial charge in [-0.1, -0.05) is 6.92 Å². The lowest BCUT2D eigenvalue weighted by atomic mass is 10.0. The highest BCUT2D eigenvalue weighted by atomic mass is 32.2. The molecule has 0 fully saturated rings. The summed E-state index contributed by atoms with van der Waals surface area (Å²) in [6, 6.07) is 9.05. The fourth-order valence-electron chi connectivity index (χ4n) is 3.53. The summed E-state index contributed by atoms with van der Waals surface area (Å²) in [7, 11) is -1.75. The number of methoxy groups -OCH3 is 1. The minimum absolute atomic E-state index is 0.0403. The van der Waals surface area contributed by atoms with Gasteiger partial charge in [-0.25, -0.2) is 17.9 Å².